The van der Waals surface area contributed by atoms with Crippen LogP contribution in [0.3, 0.4) is 0 Å². The zero-order valence-corrected chi connectivity index (χ0v) is 28.7. The summed E-state index contributed by atoms with van der Waals surface area (Å²) < 4.78 is 19.6. The van der Waals surface area contributed by atoms with Crippen LogP contribution in [0.25, 0.3) is 0 Å². The standard InChI is InChI=1S/C34H46Cl4O5/c1-19(2)25-15-23(29(39)21(9-13-37)7-5-11-35)17-27-31(25)41-34-28-18-24(30(40)22(10-14-38)8-6-12-36)16-26(20(3)4)32(28)42-33(27)43-34/h15-22,29-30,33-34,39-40H,5-14H2,1-4H3. The number of alkyl halides is 4. The highest BCUT2D eigenvalue weighted by atomic mass is 35.5. The second kappa shape index (κ2) is 16.1. The molecular formula is C34H46Cl4O5. The van der Waals surface area contributed by atoms with Crippen molar-refractivity contribution in [3.05, 3.63) is 57.6 Å². The Bertz CT molecular complexity index is 1110. The molecule has 0 saturated heterocycles. The second-order valence-electron chi connectivity index (χ2n) is 12.4. The molecule has 0 amide bonds. The number of hydrogen-bond donors (Lipinski definition) is 2. The number of aliphatic hydroxyl groups excluding tert-OH is 2. The van der Waals surface area contributed by atoms with Crippen LogP contribution in [0.1, 0.15) is 136 Å². The molecular weight excluding hydrogens is 630 g/mol. The molecule has 9 heteroatoms. The van der Waals surface area contributed by atoms with Crippen LogP contribution in [0.4, 0.5) is 0 Å². The van der Waals surface area contributed by atoms with Gasteiger partial charge in [-0.25, -0.2) is 0 Å². The molecule has 240 valence electrons. The van der Waals surface area contributed by atoms with Gasteiger partial charge in [0.05, 0.1) is 23.3 Å². The number of ether oxygens (including phenoxy) is 3. The minimum absolute atomic E-state index is 0.00931. The van der Waals surface area contributed by atoms with Crippen LogP contribution in [-0.2, 0) is 4.74 Å². The van der Waals surface area contributed by atoms with E-state index in [4.69, 9.17) is 60.6 Å². The summed E-state index contributed by atoms with van der Waals surface area (Å²) >= 11 is 24.2. The van der Waals surface area contributed by atoms with Crippen molar-refractivity contribution in [3.63, 3.8) is 0 Å². The van der Waals surface area contributed by atoms with E-state index in [1.807, 2.05) is 24.3 Å². The van der Waals surface area contributed by atoms with Gasteiger partial charge < -0.3 is 19.7 Å². The predicted octanol–water partition coefficient (Wildman–Crippen LogP) is 10.0. The summed E-state index contributed by atoms with van der Waals surface area (Å²) in [5.74, 6) is 3.73. The number of aliphatic hydroxyl groups is 2. The molecule has 0 fully saturated rings. The molecule has 0 spiro atoms. The molecule has 0 aromatic heterocycles. The first-order valence-corrected chi connectivity index (χ1v) is 17.7. The van der Waals surface area contributed by atoms with E-state index < -0.39 is 24.8 Å². The Morgan fingerprint density at radius 2 is 1.00 bits per heavy atom. The Kier molecular flexibility index (Phi) is 13.1. The molecule has 0 radical (unpaired) electrons. The van der Waals surface area contributed by atoms with E-state index in [-0.39, 0.29) is 23.7 Å². The van der Waals surface area contributed by atoms with Gasteiger partial charge in [0, 0.05) is 23.5 Å². The average Bonchev–Trinajstić information content (AvgIpc) is 2.99. The first-order valence-electron chi connectivity index (χ1n) is 15.6. The SMILES string of the molecule is CC(C)c1cc(C(O)C(CCCl)CCCCl)cc2c1OC1OC2Oc2c(C(C)C)cc(C(O)C(CCCl)CCCCl)cc21. The largest absolute Gasteiger partial charge is 0.459 e. The smallest absolute Gasteiger partial charge is 0.233 e. The molecule has 2 aliphatic heterocycles. The molecule has 0 saturated carbocycles. The predicted molar refractivity (Wildman–Crippen MR) is 176 cm³/mol. The molecule has 2 heterocycles. The van der Waals surface area contributed by atoms with Crippen molar-refractivity contribution in [3.8, 4) is 11.5 Å². The van der Waals surface area contributed by atoms with Crippen molar-refractivity contribution in [1.29, 1.82) is 0 Å². The number of benzene rings is 2. The van der Waals surface area contributed by atoms with E-state index in [0.717, 1.165) is 70.6 Å². The normalized spacial score (nSPS) is 20.2. The van der Waals surface area contributed by atoms with E-state index >= 15 is 0 Å². The van der Waals surface area contributed by atoms with Crippen LogP contribution in [0.5, 0.6) is 11.5 Å². The van der Waals surface area contributed by atoms with Crippen LogP contribution in [0.2, 0.25) is 0 Å². The van der Waals surface area contributed by atoms with Gasteiger partial charge in [0.15, 0.2) is 0 Å². The summed E-state index contributed by atoms with van der Waals surface area (Å²) in [5.41, 5.74) is 5.12. The van der Waals surface area contributed by atoms with Gasteiger partial charge in [-0.1, -0.05) is 27.7 Å². The molecule has 5 nitrogen and oxygen atoms in total. The second-order valence-corrected chi connectivity index (χ2v) is 13.9. The molecule has 2 aromatic rings. The lowest BCUT2D eigenvalue weighted by Gasteiger charge is -2.41. The van der Waals surface area contributed by atoms with Crippen molar-refractivity contribution >= 4 is 46.4 Å². The van der Waals surface area contributed by atoms with E-state index in [1.54, 1.807) is 0 Å². The molecule has 43 heavy (non-hydrogen) atoms. The fourth-order valence-corrected chi connectivity index (χ4v) is 7.17. The lowest BCUT2D eigenvalue weighted by molar-refractivity contribution is -0.228. The Hall–Kier alpha value is -0.920. The van der Waals surface area contributed by atoms with Gasteiger partial charge in [-0.3, -0.25) is 4.74 Å². The molecule has 2 aromatic carbocycles. The van der Waals surface area contributed by atoms with Crippen molar-refractivity contribution in [2.45, 2.75) is 103 Å². The summed E-state index contributed by atoms with van der Waals surface area (Å²) in [6, 6.07) is 8.01. The van der Waals surface area contributed by atoms with Crippen LogP contribution in [0, 0.1) is 11.8 Å². The Morgan fingerprint density at radius 1 is 0.605 bits per heavy atom. The van der Waals surface area contributed by atoms with Gasteiger partial charge in [0.2, 0.25) is 12.6 Å². The van der Waals surface area contributed by atoms with Crippen LogP contribution >= 0.6 is 46.4 Å². The van der Waals surface area contributed by atoms with Gasteiger partial charge in [-0.2, -0.15) is 0 Å². The third-order valence-electron chi connectivity index (χ3n) is 8.74. The summed E-state index contributed by atoms with van der Waals surface area (Å²) in [6.45, 7) is 8.45. The van der Waals surface area contributed by atoms with Crippen molar-refractivity contribution in [1.82, 2.24) is 0 Å². The average molecular weight is 677 g/mol. The topological polar surface area (TPSA) is 68.2 Å². The highest BCUT2D eigenvalue weighted by Gasteiger charge is 2.42. The Labute approximate surface area is 277 Å². The lowest BCUT2D eigenvalue weighted by atomic mass is 9.85. The molecule has 2 aliphatic rings. The summed E-state index contributed by atoms with van der Waals surface area (Å²) in [6.07, 6.45) is 1.80. The zero-order chi connectivity index (χ0) is 31.3. The maximum atomic E-state index is 11.5. The van der Waals surface area contributed by atoms with Crippen LogP contribution < -0.4 is 9.47 Å². The van der Waals surface area contributed by atoms with Gasteiger partial charge in [0.25, 0.3) is 0 Å². The molecule has 2 N–H and O–H groups in total. The van der Waals surface area contributed by atoms with E-state index in [9.17, 15) is 10.2 Å². The zero-order valence-electron chi connectivity index (χ0n) is 25.6. The fraction of sp³-hybridized carbons (Fsp3) is 0.647. The molecule has 6 atom stereocenters. The summed E-state index contributed by atoms with van der Waals surface area (Å²) in [5, 5.41) is 23.0. The number of fused-ring (bicyclic) bond motifs is 6. The van der Waals surface area contributed by atoms with E-state index in [1.165, 1.54) is 0 Å². The highest BCUT2D eigenvalue weighted by Crippen LogP contribution is 2.53. The monoisotopic (exact) mass is 674 g/mol. The van der Waals surface area contributed by atoms with Crippen molar-refractivity contribution in [2.24, 2.45) is 11.8 Å². The fourth-order valence-electron chi connectivity index (χ4n) is 6.30. The quantitative estimate of drug-likeness (QED) is 0.173. The lowest BCUT2D eigenvalue weighted by Crippen LogP contribution is -2.32. The first-order chi connectivity index (χ1) is 20.6. The Morgan fingerprint density at radius 3 is 1.33 bits per heavy atom. The van der Waals surface area contributed by atoms with Crippen molar-refractivity contribution < 1.29 is 24.4 Å². The number of hydrogen-bond acceptors (Lipinski definition) is 5. The number of rotatable bonds is 16. The minimum Gasteiger partial charge on any atom is -0.459 e. The summed E-state index contributed by atoms with van der Waals surface area (Å²) in [4.78, 5) is 0. The molecule has 6 unspecified atom stereocenters. The molecule has 4 rings (SSSR count). The maximum absolute atomic E-state index is 11.5. The minimum atomic E-state index is -0.701. The highest BCUT2D eigenvalue weighted by molar-refractivity contribution is 6.18. The third kappa shape index (κ3) is 7.91. The molecule has 2 bridgehead atoms. The Balaban J connectivity index is 1.75. The van der Waals surface area contributed by atoms with Crippen molar-refractivity contribution in [2.75, 3.05) is 23.5 Å². The van der Waals surface area contributed by atoms with E-state index in [0.29, 0.717) is 36.4 Å². The van der Waals surface area contributed by atoms with Gasteiger partial charge in [0.1, 0.15) is 11.5 Å². The van der Waals surface area contributed by atoms with E-state index in [2.05, 4.69) is 27.7 Å². The molecule has 0 aliphatic carbocycles. The summed E-state index contributed by atoms with van der Waals surface area (Å²) in [7, 11) is 0. The van der Waals surface area contributed by atoms with Gasteiger partial charge >= 0.3 is 0 Å². The van der Waals surface area contributed by atoms with Crippen LogP contribution in [-0.4, -0.2) is 33.7 Å². The van der Waals surface area contributed by atoms with Crippen LogP contribution in [0.15, 0.2) is 24.3 Å². The third-order valence-corrected chi connectivity index (χ3v) is 9.71. The van der Waals surface area contributed by atoms with Gasteiger partial charge in [-0.05, 0) is 109 Å². The number of halogens is 4. The van der Waals surface area contributed by atoms with Gasteiger partial charge in [-0.15, -0.1) is 46.4 Å². The maximum Gasteiger partial charge on any atom is 0.233 e. The first kappa shape index (κ1) is 34.9.